The van der Waals surface area contributed by atoms with Crippen LogP contribution in [0.1, 0.15) is 49.5 Å². The highest BCUT2D eigenvalue weighted by Gasteiger charge is 2.39. The van der Waals surface area contributed by atoms with Crippen LogP contribution in [0, 0.1) is 0 Å². The van der Waals surface area contributed by atoms with Crippen LogP contribution in [-0.4, -0.2) is 40.6 Å². The zero-order valence-corrected chi connectivity index (χ0v) is 15.7. The van der Waals surface area contributed by atoms with E-state index in [-0.39, 0.29) is 29.3 Å². The Labute approximate surface area is 156 Å². The Morgan fingerprint density at radius 3 is 2.30 bits per heavy atom. The first kappa shape index (κ1) is 20.2. The Kier molecular flexibility index (Phi) is 5.73. The number of carbonyl (C=O) groups is 3. The van der Waals surface area contributed by atoms with Crippen LogP contribution in [0.3, 0.4) is 0 Å². The van der Waals surface area contributed by atoms with Crippen molar-refractivity contribution >= 4 is 17.7 Å². The number of Topliss-reactive ketones (excluding diaryl/α,β-unsaturated/α-hetero) is 1. The minimum Gasteiger partial charge on any atom is -0.507 e. The predicted molar refractivity (Wildman–Crippen MR) is 97.1 cm³/mol. The largest absolute Gasteiger partial charge is 0.507 e. The fourth-order valence-electron chi connectivity index (χ4n) is 3.13. The van der Waals surface area contributed by atoms with Gasteiger partial charge in [-0.1, -0.05) is 6.58 Å². The second-order valence-electron chi connectivity index (χ2n) is 6.57. The Bertz CT molecular complexity index is 863. The Hall–Kier alpha value is -3.09. The lowest BCUT2D eigenvalue weighted by Gasteiger charge is -2.22. The quantitative estimate of drug-likeness (QED) is 0.341. The summed E-state index contributed by atoms with van der Waals surface area (Å²) < 4.78 is 10.7. The highest BCUT2D eigenvalue weighted by molar-refractivity contribution is 5.97. The molecule has 7 heteroatoms. The second-order valence-corrected chi connectivity index (χ2v) is 6.57. The average molecular weight is 374 g/mol. The molecule has 27 heavy (non-hydrogen) atoms. The molecule has 1 aliphatic rings. The molecule has 0 spiro atoms. The van der Waals surface area contributed by atoms with Gasteiger partial charge in [0.05, 0.1) is 17.1 Å². The molecule has 1 aromatic carbocycles. The van der Waals surface area contributed by atoms with Crippen molar-refractivity contribution in [1.29, 1.82) is 0 Å². The topological polar surface area (TPSA) is 110 Å². The maximum atomic E-state index is 11.8. The zero-order chi connectivity index (χ0) is 20.5. The second kappa shape index (κ2) is 7.65. The van der Waals surface area contributed by atoms with Crippen molar-refractivity contribution in [3.8, 4) is 11.5 Å². The first-order chi connectivity index (χ1) is 12.5. The van der Waals surface area contributed by atoms with E-state index in [1.54, 1.807) is 13.8 Å². The molecule has 1 heterocycles. The first-order valence-corrected chi connectivity index (χ1v) is 8.30. The smallest absolute Gasteiger partial charge is 0.335 e. The number of phenols is 1. The summed E-state index contributed by atoms with van der Waals surface area (Å²) in [5.41, 5.74) is 1.70. The van der Waals surface area contributed by atoms with Crippen LogP contribution in [0.25, 0.3) is 0 Å². The van der Waals surface area contributed by atoms with Crippen molar-refractivity contribution in [3.63, 3.8) is 0 Å². The summed E-state index contributed by atoms with van der Waals surface area (Å²) in [6.45, 7) is 9.40. The fraction of sp³-hybridized carbons (Fsp3) is 0.350. The molecule has 2 N–H and O–H groups in total. The Morgan fingerprint density at radius 2 is 1.81 bits per heavy atom. The van der Waals surface area contributed by atoms with Gasteiger partial charge in [0.25, 0.3) is 0 Å². The summed E-state index contributed by atoms with van der Waals surface area (Å²) in [6, 6.07) is 2.86. The number of rotatable bonds is 6. The molecule has 0 radical (unpaired) electrons. The number of phenolic OH excluding ortho intramolecular Hbond substituents is 1. The standard InChI is InChI=1S/C20H22O7/c1-9(2)19-18(10(3)15(20(24)25)8-26-12(5)22)14-6-13(11(4)21)16(23)7-17(14)27-19/h6-7,18-19,23H,1,8H2,2-5H3,(H,24,25)/t18-,19-/m0/s1. The number of ketones is 1. The van der Waals surface area contributed by atoms with E-state index < -0.39 is 24.0 Å². The van der Waals surface area contributed by atoms with Gasteiger partial charge in [0.1, 0.15) is 24.2 Å². The molecular weight excluding hydrogens is 352 g/mol. The third-order valence-electron chi connectivity index (χ3n) is 4.51. The molecular formula is C20H22O7. The molecule has 0 unspecified atom stereocenters. The van der Waals surface area contributed by atoms with E-state index in [1.165, 1.54) is 26.0 Å². The number of hydrogen-bond acceptors (Lipinski definition) is 6. The normalized spacial score (nSPS) is 18.8. The van der Waals surface area contributed by atoms with E-state index in [1.807, 2.05) is 0 Å². The third kappa shape index (κ3) is 4.02. The van der Waals surface area contributed by atoms with E-state index in [4.69, 9.17) is 9.47 Å². The predicted octanol–water partition coefficient (Wildman–Crippen LogP) is 2.98. The van der Waals surface area contributed by atoms with Crippen LogP contribution < -0.4 is 4.74 Å². The number of esters is 1. The van der Waals surface area contributed by atoms with Crippen LogP contribution in [0.5, 0.6) is 11.5 Å². The van der Waals surface area contributed by atoms with Gasteiger partial charge in [-0.2, -0.15) is 0 Å². The minimum absolute atomic E-state index is 0.0737. The summed E-state index contributed by atoms with van der Waals surface area (Å²) in [6.07, 6.45) is -0.576. The molecule has 0 aromatic heterocycles. The van der Waals surface area contributed by atoms with Gasteiger partial charge in [-0.3, -0.25) is 9.59 Å². The Balaban J connectivity index is 2.64. The summed E-state index contributed by atoms with van der Waals surface area (Å²) in [4.78, 5) is 34.6. The van der Waals surface area contributed by atoms with Gasteiger partial charge >= 0.3 is 11.9 Å². The summed E-state index contributed by atoms with van der Waals surface area (Å²) in [5, 5.41) is 19.6. The summed E-state index contributed by atoms with van der Waals surface area (Å²) >= 11 is 0. The van der Waals surface area contributed by atoms with E-state index in [0.29, 0.717) is 22.5 Å². The number of aliphatic carboxylic acids is 1. The van der Waals surface area contributed by atoms with Crippen molar-refractivity contribution in [2.45, 2.75) is 39.7 Å². The molecule has 0 bridgehead atoms. The van der Waals surface area contributed by atoms with Crippen molar-refractivity contribution in [1.82, 2.24) is 0 Å². The van der Waals surface area contributed by atoms with Crippen LogP contribution in [0.2, 0.25) is 0 Å². The number of hydrogen-bond donors (Lipinski definition) is 2. The van der Waals surface area contributed by atoms with E-state index in [0.717, 1.165) is 0 Å². The lowest BCUT2D eigenvalue weighted by Crippen LogP contribution is -2.24. The highest BCUT2D eigenvalue weighted by atomic mass is 16.5. The number of ether oxygens (including phenoxy) is 2. The fourth-order valence-corrected chi connectivity index (χ4v) is 3.13. The molecule has 7 nitrogen and oxygen atoms in total. The van der Waals surface area contributed by atoms with Crippen molar-refractivity contribution in [2.24, 2.45) is 0 Å². The first-order valence-electron chi connectivity index (χ1n) is 8.30. The zero-order valence-electron chi connectivity index (χ0n) is 15.7. The number of benzene rings is 1. The van der Waals surface area contributed by atoms with E-state index >= 15 is 0 Å². The highest BCUT2D eigenvalue weighted by Crippen LogP contribution is 2.47. The van der Waals surface area contributed by atoms with E-state index in [9.17, 15) is 24.6 Å². The van der Waals surface area contributed by atoms with Gasteiger partial charge in [-0.15, -0.1) is 0 Å². The van der Waals surface area contributed by atoms with Gasteiger partial charge in [0.2, 0.25) is 0 Å². The molecule has 0 amide bonds. The monoisotopic (exact) mass is 374 g/mol. The lowest BCUT2D eigenvalue weighted by molar-refractivity contribution is -0.141. The number of carboxylic acids is 1. The van der Waals surface area contributed by atoms with Crippen LogP contribution in [0.4, 0.5) is 0 Å². The van der Waals surface area contributed by atoms with Gasteiger partial charge in [-0.25, -0.2) is 4.79 Å². The molecule has 1 aromatic rings. The van der Waals surface area contributed by atoms with Crippen molar-refractivity contribution in [3.05, 3.63) is 46.6 Å². The SMILES string of the molecule is C=C(C)[C@@H]1Oc2cc(O)c(C(C)=O)cc2[C@@H]1C(C)=C(COC(C)=O)C(=O)O. The van der Waals surface area contributed by atoms with Crippen molar-refractivity contribution in [2.75, 3.05) is 6.61 Å². The number of carbonyl (C=O) groups excluding carboxylic acids is 2. The molecule has 144 valence electrons. The average Bonchev–Trinajstić information content (AvgIpc) is 2.91. The number of carboxylic acid groups (broad SMARTS) is 1. The van der Waals surface area contributed by atoms with Crippen LogP contribution >= 0.6 is 0 Å². The van der Waals surface area contributed by atoms with Gasteiger partial charge < -0.3 is 19.7 Å². The molecule has 0 saturated carbocycles. The van der Waals surface area contributed by atoms with Gasteiger partial charge in [-0.05, 0) is 38.0 Å². The molecule has 2 atom stereocenters. The van der Waals surface area contributed by atoms with Crippen LogP contribution in [0.15, 0.2) is 35.4 Å². The number of fused-ring (bicyclic) bond motifs is 1. The van der Waals surface area contributed by atoms with Crippen LogP contribution in [-0.2, 0) is 14.3 Å². The summed E-state index contributed by atoms with van der Waals surface area (Å²) in [7, 11) is 0. The van der Waals surface area contributed by atoms with E-state index in [2.05, 4.69) is 6.58 Å². The minimum atomic E-state index is -1.21. The third-order valence-corrected chi connectivity index (χ3v) is 4.51. The maximum Gasteiger partial charge on any atom is 0.335 e. The van der Waals surface area contributed by atoms with Gasteiger partial charge in [0, 0.05) is 18.6 Å². The lowest BCUT2D eigenvalue weighted by atomic mass is 9.83. The Morgan fingerprint density at radius 1 is 1.19 bits per heavy atom. The molecule has 0 saturated heterocycles. The molecule has 2 rings (SSSR count). The molecule has 0 aliphatic carbocycles. The molecule has 0 fully saturated rings. The summed E-state index contributed by atoms with van der Waals surface area (Å²) in [5.74, 6) is -2.53. The number of aromatic hydroxyl groups is 1. The van der Waals surface area contributed by atoms with Crippen molar-refractivity contribution < 1.29 is 34.1 Å². The maximum absolute atomic E-state index is 11.8. The molecule has 1 aliphatic heterocycles. The van der Waals surface area contributed by atoms with Gasteiger partial charge in [0.15, 0.2) is 5.78 Å².